The maximum Gasteiger partial charge on any atom is 0.258 e. The highest BCUT2D eigenvalue weighted by atomic mass is 19.1. The molecule has 0 aromatic carbocycles. The number of amides is 1. The number of piperazine rings is 1. The second-order valence-electron chi connectivity index (χ2n) is 9.00. The summed E-state index contributed by atoms with van der Waals surface area (Å²) in [5.74, 6) is 0.191. The summed E-state index contributed by atoms with van der Waals surface area (Å²) in [4.78, 5) is 33.4. The summed E-state index contributed by atoms with van der Waals surface area (Å²) in [6.45, 7) is 3.92. The first-order valence-electron chi connectivity index (χ1n) is 11.7. The van der Waals surface area contributed by atoms with Crippen LogP contribution in [0.5, 0.6) is 0 Å². The molecular formula is C25H29FN6O. The molecule has 2 aromatic rings. The number of carbonyl (C=O) groups is 1. The Morgan fingerprint density at radius 2 is 1.94 bits per heavy atom. The minimum Gasteiger partial charge on any atom is -0.338 e. The minimum absolute atomic E-state index is 0.145. The number of hydrogen-bond acceptors (Lipinski definition) is 6. The number of halogens is 1. The number of likely N-dealkylation sites (N-methyl/N-ethyl adjacent to an activating group) is 1. The van der Waals surface area contributed by atoms with E-state index in [0.29, 0.717) is 42.2 Å². The summed E-state index contributed by atoms with van der Waals surface area (Å²) in [6, 6.07) is 4.03. The molecule has 2 fully saturated rings. The lowest BCUT2D eigenvalue weighted by Crippen LogP contribution is -2.45. The smallest absolute Gasteiger partial charge is 0.258 e. The van der Waals surface area contributed by atoms with Gasteiger partial charge in [-0.25, -0.2) is 14.4 Å². The number of nitrogens with zero attached hydrogens (tertiary/aromatic N) is 6. The van der Waals surface area contributed by atoms with Gasteiger partial charge in [-0.3, -0.25) is 9.78 Å². The highest BCUT2D eigenvalue weighted by Crippen LogP contribution is 2.34. The van der Waals surface area contributed by atoms with Crippen LogP contribution in [0.15, 0.2) is 48.7 Å². The second kappa shape index (κ2) is 9.39. The van der Waals surface area contributed by atoms with Gasteiger partial charge in [0.2, 0.25) is 5.95 Å². The van der Waals surface area contributed by atoms with E-state index in [2.05, 4.69) is 26.8 Å². The van der Waals surface area contributed by atoms with E-state index >= 15 is 0 Å². The molecular weight excluding hydrogens is 419 g/mol. The largest absolute Gasteiger partial charge is 0.338 e. The minimum atomic E-state index is -0.221. The highest BCUT2D eigenvalue weighted by molar-refractivity contribution is 6.00. The Balaban J connectivity index is 1.51. The number of aromatic nitrogens is 3. The van der Waals surface area contributed by atoms with Crippen molar-refractivity contribution in [3.8, 4) is 0 Å². The third-order valence-corrected chi connectivity index (χ3v) is 6.51. The van der Waals surface area contributed by atoms with Gasteiger partial charge in [0, 0.05) is 69.4 Å². The quantitative estimate of drug-likeness (QED) is 0.674. The lowest BCUT2D eigenvalue weighted by Gasteiger charge is -2.32. The Bertz CT molecular complexity index is 1070. The van der Waals surface area contributed by atoms with Crippen LogP contribution in [-0.2, 0) is 6.54 Å². The maximum atomic E-state index is 14.9. The van der Waals surface area contributed by atoms with Gasteiger partial charge >= 0.3 is 0 Å². The van der Waals surface area contributed by atoms with E-state index in [4.69, 9.17) is 4.98 Å². The second-order valence-corrected chi connectivity index (χ2v) is 9.00. The molecule has 1 saturated heterocycles. The SMILES string of the molecule is CN1CCN(c2ncc(C(=O)N(Cc3ccncc3)C3CC3)c(C3=C(F)CCC=C3)n2)CC1. The Morgan fingerprint density at radius 3 is 2.64 bits per heavy atom. The van der Waals surface area contributed by atoms with Gasteiger partial charge in [0.25, 0.3) is 5.91 Å². The highest BCUT2D eigenvalue weighted by Gasteiger charge is 2.35. The van der Waals surface area contributed by atoms with Crippen LogP contribution < -0.4 is 4.90 Å². The number of rotatable bonds is 6. The van der Waals surface area contributed by atoms with Crippen molar-refractivity contribution in [3.05, 3.63) is 65.5 Å². The standard InChI is InChI=1S/C25H29FN6O/c1-30-12-14-31(15-13-30)25-28-16-21(23(29-25)20-4-2-3-5-22(20)26)24(33)32(19-6-7-19)17-18-8-10-27-11-9-18/h2,4,8-11,16,19H,3,5-7,12-15,17H2,1H3. The lowest BCUT2D eigenvalue weighted by molar-refractivity contribution is 0.0728. The van der Waals surface area contributed by atoms with Crippen LogP contribution in [0.2, 0.25) is 0 Å². The normalized spacial score (nSPS) is 19.2. The first-order chi connectivity index (χ1) is 16.1. The van der Waals surface area contributed by atoms with Crippen molar-refractivity contribution in [2.75, 3.05) is 38.1 Å². The first kappa shape index (κ1) is 21.7. The summed E-state index contributed by atoms with van der Waals surface area (Å²) in [5, 5.41) is 0. The van der Waals surface area contributed by atoms with Gasteiger partial charge < -0.3 is 14.7 Å². The Hall–Kier alpha value is -3.13. The molecule has 1 saturated carbocycles. The van der Waals surface area contributed by atoms with Gasteiger partial charge in [0.05, 0.1) is 11.3 Å². The molecule has 8 heteroatoms. The molecule has 0 unspecified atom stereocenters. The van der Waals surface area contributed by atoms with Gasteiger partial charge in [-0.2, -0.15) is 0 Å². The third kappa shape index (κ3) is 4.80. The molecule has 33 heavy (non-hydrogen) atoms. The summed E-state index contributed by atoms with van der Waals surface area (Å²) in [6.07, 6.45) is 11.7. The summed E-state index contributed by atoms with van der Waals surface area (Å²) in [7, 11) is 2.09. The van der Waals surface area contributed by atoms with E-state index in [1.807, 2.05) is 23.1 Å². The van der Waals surface area contributed by atoms with Crippen LogP contribution in [0.4, 0.5) is 10.3 Å². The molecule has 0 atom stereocenters. The van der Waals surface area contributed by atoms with Crippen LogP contribution in [0.3, 0.4) is 0 Å². The van der Waals surface area contributed by atoms with Crippen molar-refractivity contribution in [1.29, 1.82) is 0 Å². The average molecular weight is 449 g/mol. The van der Waals surface area contributed by atoms with E-state index in [0.717, 1.165) is 44.6 Å². The van der Waals surface area contributed by atoms with Gasteiger partial charge in [0.15, 0.2) is 0 Å². The first-order valence-corrected chi connectivity index (χ1v) is 11.7. The molecule has 3 heterocycles. The fourth-order valence-electron chi connectivity index (χ4n) is 4.33. The average Bonchev–Trinajstić information content (AvgIpc) is 3.69. The molecule has 7 nitrogen and oxygen atoms in total. The molecule has 0 bridgehead atoms. The monoisotopic (exact) mass is 448 g/mol. The number of hydrogen-bond donors (Lipinski definition) is 0. The molecule has 3 aliphatic rings. The van der Waals surface area contributed by atoms with Crippen LogP contribution in [0.25, 0.3) is 5.57 Å². The molecule has 1 amide bonds. The summed E-state index contributed by atoms with van der Waals surface area (Å²) < 4.78 is 14.9. The Labute approximate surface area is 193 Å². The predicted molar refractivity (Wildman–Crippen MR) is 125 cm³/mol. The molecule has 0 N–H and O–H groups in total. The molecule has 0 spiro atoms. The number of carbonyl (C=O) groups excluding carboxylic acids is 1. The number of anilines is 1. The molecule has 2 aromatic heterocycles. The van der Waals surface area contributed by atoms with Crippen molar-refractivity contribution in [1.82, 2.24) is 24.8 Å². The van der Waals surface area contributed by atoms with Crippen LogP contribution >= 0.6 is 0 Å². The van der Waals surface area contributed by atoms with Crippen molar-refractivity contribution >= 4 is 17.4 Å². The van der Waals surface area contributed by atoms with E-state index in [-0.39, 0.29) is 17.8 Å². The summed E-state index contributed by atoms with van der Waals surface area (Å²) >= 11 is 0. The fraction of sp³-hybridized carbons (Fsp3) is 0.440. The van der Waals surface area contributed by atoms with Gasteiger partial charge in [-0.15, -0.1) is 0 Å². The molecule has 5 rings (SSSR count). The predicted octanol–water partition coefficient (Wildman–Crippen LogP) is 3.46. The molecule has 172 valence electrons. The van der Waals surface area contributed by atoms with Crippen molar-refractivity contribution in [2.24, 2.45) is 0 Å². The zero-order valence-electron chi connectivity index (χ0n) is 19.0. The van der Waals surface area contributed by atoms with Gasteiger partial charge in [-0.1, -0.05) is 12.2 Å². The summed E-state index contributed by atoms with van der Waals surface area (Å²) in [5.41, 5.74) is 2.19. The lowest BCUT2D eigenvalue weighted by atomic mass is 9.99. The van der Waals surface area contributed by atoms with Crippen molar-refractivity contribution in [2.45, 2.75) is 38.3 Å². The van der Waals surface area contributed by atoms with Gasteiger partial charge in [-0.05, 0) is 44.0 Å². The van der Waals surface area contributed by atoms with E-state index in [1.165, 1.54) is 0 Å². The topological polar surface area (TPSA) is 65.5 Å². The van der Waals surface area contributed by atoms with E-state index in [9.17, 15) is 9.18 Å². The number of pyridine rings is 1. The molecule has 0 radical (unpaired) electrons. The van der Waals surface area contributed by atoms with Crippen LogP contribution in [0.1, 0.15) is 47.3 Å². The van der Waals surface area contributed by atoms with E-state index in [1.54, 1.807) is 24.7 Å². The van der Waals surface area contributed by atoms with E-state index < -0.39 is 0 Å². The van der Waals surface area contributed by atoms with Crippen LogP contribution in [0, 0.1) is 0 Å². The van der Waals surface area contributed by atoms with Crippen molar-refractivity contribution < 1.29 is 9.18 Å². The molecule has 2 aliphatic carbocycles. The fourth-order valence-corrected chi connectivity index (χ4v) is 4.33. The zero-order valence-corrected chi connectivity index (χ0v) is 19.0. The zero-order chi connectivity index (χ0) is 22.8. The Kier molecular flexibility index (Phi) is 6.17. The van der Waals surface area contributed by atoms with Gasteiger partial charge in [0.1, 0.15) is 5.83 Å². The number of allylic oxidation sites excluding steroid dienone is 4. The Morgan fingerprint density at radius 1 is 1.18 bits per heavy atom. The van der Waals surface area contributed by atoms with Crippen LogP contribution in [-0.4, -0.2) is 69.9 Å². The van der Waals surface area contributed by atoms with Crippen molar-refractivity contribution in [3.63, 3.8) is 0 Å². The maximum absolute atomic E-state index is 14.9. The third-order valence-electron chi connectivity index (χ3n) is 6.51. The molecule has 1 aliphatic heterocycles.